The molecule has 0 spiro atoms. The minimum Gasteiger partial charge on any atom is -0.484 e. The summed E-state index contributed by atoms with van der Waals surface area (Å²) in [6.07, 6.45) is 0. The van der Waals surface area contributed by atoms with Crippen molar-refractivity contribution in [3.8, 4) is 5.75 Å². The van der Waals surface area contributed by atoms with E-state index in [1.54, 1.807) is 44.2 Å². The van der Waals surface area contributed by atoms with Crippen molar-refractivity contribution in [2.75, 3.05) is 10.0 Å². The van der Waals surface area contributed by atoms with Crippen molar-refractivity contribution in [2.24, 2.45) is 0 Å². The highest BCUT2D eigenvalue weighted by molar-refractivity contribution is 7.92. The van der Waals surface area contributed by atoms with E-state index in [2.05, 4.69) is 20.0 Å². The first-order valence-electron chi connectivity index (χ1n) is 10.5. The quantitative estimate of drug-likeness (QED) is 0.293. The van der Waals surface area contributed by atoms with Gasteiger partial charge >= 0.3 is 0 Å². The molecule has 0 unspecified atom stereocenters. The highest BCUT2D eigenvalue weighted by atomic mass is 35.5. The SMILES string of the molecule is Cc1cc(C)nc(NS(=O)(=O)c2ccc(NC(=O)c3ccc(COc4ccc(Cl)cc4Cl)o3)cc2)n1. The van der Waals surface area contributed by atoms with E-state index in [0.29, 0.717) is 38.6 Å². The molecule has 0 saturated heterocycles. The summed E-state index contributed by atoms with van der Waals surface area (Å²) in [6.45, 7) is 3.54. The Kier molecular flexibility index (Phi) is 7.48. The number of anilines is 2. The van der Waals surface area contributed by atoms with Crippen LogP contribution in [-0.2, 0) is 16.6 Å². The van der Waals surface area contributed by atoms with E-state index in [-0.39, 0.29) is 23.2 Å². The van der Waals surface area contributed by atoms with Gasteiger partial charge in [0.15, 0.2) is 5.76 Å². The van der Waals surface area contributed by atoms with Crippen molar-refractivity contribution in [3.63, 3.8) is 0 Å². The number of benzene rings is 2. The summed E-state index contributed by atoms with van der Waals surface area (Å²) in [6, 6.07) is 15.3. The number of rotatable bonds is 8. The standard InChI is InChI=1S/C24H20Cl2N4O5S/c1-14-11-15(2)28-24(27-14)30-36(32,33)19-7-4-17(5-8-19)29-23(31)22-10-6-18(35-22)13-34-21-9-3-16(25)12-20(21)26/h3-12H,13H2,1-2H3,(H,29,31)(H,27,28,30). The Bertz CT molecular complexity index is 1500. The molecule has 0 radical (unpaired) electrons. The van der Waals surface area contributed by atoms with E-state index in [9.17, 15) is 13.2 Å². The minimum absolute atomic E-state index is 0.0125. The van der Waals surface area contributed by atoms with Crippen LogP contribution in [0.15, 0.2) is 70.0 Å². The third-order valence-electron chi connectivity index (χ3n) is 4.78. The minimum atomic E-state index is -3.91. The van der Waals surface area contributed by atoms with Gasteiger partial charge in [0.25, 0.3) is 15.9 Å². The first-order valence-corrected chi connectivity index (χ1v) is 12.8. The van der Waals surface area contributed by atoms with Gasteiger partial charge in [-0.3, -0.25) is 4.79 Å². The molecular formula is C24H20Cl2N4O5S. The second-order valence-corrected chi connectivity index (χ2v) is 10.2. The van der Waals surface area contributed by atoms with Crippen LogP contribution in [0.25, 0.3) is 0 Å². The Balaban J connectivity index is 1.37. The third-order valence-corrected chi connectivity index (χ3v) is 6.65. The van der Waals surface area contributed by atoms with Crippen molar-refractivity contribution in [1.82, 2.24) is 9.97 Å². The largest absolute Gasteiger partial charge is 0.484 e. The summed E-state index contributed by atoms with van der Waals surface area (Å²) in [5.41, 5.74) is 1.66. The van der Waals surface area contributed by atoms with Gasteiger partial charge in [0.05, 0.1) is 9.92 Å². The van der Waals surface area contributed by atoms with Gasteiger partial charge in [-0.1, -0.05) is 23.2 Å². The van der Waals surface area contributed by atoms with E-state index in [1.165, 1.54) is 30.3 Å². The number of hydrogen-bond donors (Lipinski definition) is 2. The number of furan rings is 1. The van der Waals surface area contributed by atoms with Gasteiger partial charge in [0.2, 0.25) is 5.95 Å². The molecule has 0 aliphatic heterocycles. The third kappa shape index (κ3) is 6.34. The summed E-state index contributed by atoms with van der Waals surface area (Å²) >= 11 is 12.0. The number of sulfonamides is 1. The zero-order valence-electron chi connectivity index (χ0n) is 19.1. The molecule has 0 aliphatic carbocycles. The number of hydrogen-bond acceptors (Lipinski definition) is 7. The lowest BCUT2D eigenvalue weighted by atomic mass is 10.3. The van der Waals surface area contributed by atoms with Crippen LogP contribution < -0.4 is 14.8 Å². The lowest BCUT2D eigenvalue weighted by molar-refractivity contribution is 0.0992. The fourth-order valence-electron chi connectivity index (χ4n) is 3.18. The van der Waals surface area contributed by atoms with Crippen LogP contribution in [-0.4, -0.2) is 24.3 Å². The number of amides is 1. The van der Waals surface area contributed by atoms with Crippen LogP contribution in [0.3, 0.4) is 0 Å². The first kappa shape index (κ1) is 25.5. The predicted octanol–water partition coefficient (Wildman–Crippen LogP) is 5.63. The molecular weight excluding hydrogens is 527 g/mol. The van der Waals surface area contributed by atoms with E-state index in [4.69, 9.17) is 32.4 Å². The van der Waals surface area contributed by atoms with Crippen molar-refractivity contribution in [2.45, 2.75) is 25.3 Å². The molecule has 0 fully saturated rings. The maximum absolute atomic E-state index is 12.7. The van der Waals surface area contributed by atoms with Crippen LogP contribution >= 0.6 is 23.2 Å². The van der Waals surface area contributed by atoms with Crippen molar-refractivity contribution >= 4 is 50.8 Å². The van der Waals surface area contributed by atoms with Crippen LogP contribution in [0.4, 0.5) is 11.6 Å². The zero-order chi connectivity index (χ0) is 25.9. The van der Waals surface area contributed by atoms with Gasteiger partial charge in [0, 0.05) is 22.1 Å². The zero-order valence-corrected chi connectivity index (χ0v) is 21.4. The molecule has 2 heterocycles. The highest BCUT2D eigenvalue weighted by Crippen LogP contribution is 2.28. The molecule has 0 atom stereocenters. The van der Waals surface area contributed by atoms with Gasteiger partial charge in [0.1, 0.15) is 18.1 Å². The lowest BCUT2D eigenvalue weighted by Crippen LogP contribution is -2.16. The smallest absolute Gasteiger partial charge is 0.291 e. The van der Waals surface area contributed by atoms with Crippen LogP contribution in [0.2, 0.25) is 10.0 Å². The molecule has 186 valence electrons. The average molecular weight is 547 g/mol. The summed E-state index contributed by atoms with van der Waals surface area (Å²) in [5, 5.41) is 3.50. The maximum atomic E-state index is 12.7. The molecule has 4 rings (SSSR count). The summed E-state index contributed by atoms with van der Waals surface area (Å²) in [4.78, 5) is 20.7. The predicted molar refractivity (Wildman–Crippen MR) is 136 cm³/mol. The Morgan fingerprint density at radius 3 is 2.33 bits per heavy atom. The molecule has 2 aromatic carbocycles. The number of carbonyl (C=O) groups excluding carboxylic acids is 1. The van der Waals surface area contributed by atoms with Gasteiger partial charge in [-0.05, 0) is 74.5 Å². The van der Waals surface area contributed by atoms with Gasteiger partial charge in [-0.25, -0.2) is 23.1 Å². The van der Waals surface area contributed by atoms with Crippen molar-refractivity contribution < 1.29 is 22.4 Å². The number of ether oxygens (including phenoxy) is 1. The number of nitrogens with one attached hydrogen (secondary N) is 2. The Morgan fingerprint density at radius 1 is 0.972 bits per heavy atom. The summed E-state index contributed by atoms with van der Waals surface area (Å²) in [7, 11) is -3.91. The van der Waals surface area contributed by atoms with Crippen molar-refractivity contribution in [1.29, 1.82) is 0 Å². The molecule has 2 N–H and O–H groups in total. The summed E-state index contributed by atoms with van der Waals surface area (Å²) in [5.74, 6) is 0.370. The Labute approximate surface area is 217 Å². The molecule has 0 aliphatic rings. The summed E-state index contributed by atoms with van der Waals surface area (Å²) < 4.78 is 38.8. The fraction of sp³-hybridized carbons (Fsp3) is 0.125. The van der Waals surface area contributed by atoms with Crippen molar-refractivity contribution in [3.05, 3.63) is 93.6 Å². The molecule has 1 amide bonds. The number of halogens is 2. The Morgan fingerprint density at radius 2 is 1.67 bits per heavy atom. The second kappa shape index (κ2) is 10.6. The van der Waals surface area contributed by atoms with E-state index < -0.39 is 15.9 Å². The number of aromatic nitrogens is 2. The number of aryl methyl sites for hydroxylation is 2. The second-order valence-electron chi connectivity index (χ2n) is 7.69. The lowest BCUT2D eigenvalue weighted by Gasteiger charge is -2.09. The van der Waals surface area contributed by atoms with Crippen LogP contribution in [0.1, 0.15) is 27.7 Å². The molecule has 0 bridgehead atoms. The molecule has 4 aromatic rings. The average Bonchev–Trinajstić information content (AvgIpc) is 3.27. The molecule has 36 heavy (non-hydrogen) atoms. The molecule has 2 aromatic heterocycles. The number of carbonyl (C=O) groups is 1. The monoisotopic (exact) mass is 546 g/mol. The van der Waals surface area contributed by atoms with E-state index in [0.717, 1.165) is 0 Å². The molecule has 0 saturated carbocycles. The van der Waals surface area contributed by atoms with E-state index >= 15 is 0 Å². The Hall–Kier alpha value is -3.60. The molecule has 9 nitrogen and oxygen atoms in total. The normalized spacial score (nSPS) is 11.2. The fourth-order valence-corrected chi connectivity index (χ4v) is 4.59. The maximum Gasteiger partial charge on any atom is 0.291 e. The van der Waals surface area contributed by atoms with Gasteiger partial charge in [-0.15, -0.1) is 0 Å². The van der Waals surface area contributed by atoms with Gasteiger partial charge in [-0.2, -0.15) is 0 Å². The van der Waals surface area contributed by atoms with Crippen LogP contribution in [0, 0.1) is 13.8 Å². The first-order chi connectivity index (χ1) is 17.1. The topological polar surface area (TPSA) is 123 Å². The van der Waals surface area contributed by atoms with E-state index in [1.807, 2.05) is 0 Å². The number of nitrogens with zero attached hydrogens (tertiary/aromatic N) is 2. The van der Waals surface area contributed by atoms with Crippen LogP contribution in [0.5, 0.6) is 5.75 Å². The molecule has 12 heteroatoms. The van der Waals surface area contributed by atoms with Gasteiger partial charge < -0.3 is 14.5 Å². The highest BCUT2D eigenvalue weighted by Gasteiger charge is 2.17.